The molecule has 2 aromatic rings. The van der Waals surface area contributed by atoms with Crippen LogP contribution in [0.3, 0.4) is 0 Å². The molecule has 2 amide bonds. The van der Waals surface area contributed by atoms with Gasteiger partial charge in [0.25, 0.3) is 0 Å². The Morgan fingerprint density at radius 1 is 0.978 bits per heavy atom. The second-order valence-corrected chi connectivity index (χ2v) is 13.3. The number of esters is 1. The lowest BCUT2D eigenvalue weighted by molar-refractivity contribution is -0.141. The molecule has 10 heteroatoms. The molecule has 45 heavy (non-hydrogen) atoms. The number of rotatable bonds is 10. The van der Waals surface area contributed by atoms with Crippen LogP contribution in [0, 0.1) is 11.8 Å². The number of aromatic hydroxyl groups is 1. The van der Waals surface area contributed by atoms with E-state index in [0.717, 1.165) is 42.4 Å². The van der Waals surface area contributed by atoms with E-state index >= 15 is 0 Å². The summed E-state index contributed by atoms with van der Waals surface area (Å²) in [6.45, 7) is 7.87. The molecule has 1 aromatic heterocycles. The Labute approximate surface area is 266 Å². The molecule has 3 heterocycles. The van der Waals surface area contributed by atoms with Crippen molar-refractivity contribution in [1.82, 2.24) is 14.8 Å². The molecule has 0 radical (unpaired) electrons. The maximum atomic E-state index is 13.6. The van der Waals surface area contributed by atoms with E-state index in [-0.39, 0.29) is 42.3 Å². The Bertz CT molecular complexity index is 1350. The fraction of sp³-hybridized carbons (Fsp3) is 0.571. The average Bonchev–Trinajstić information content (AvgIpc) is 3.02. The van der Waals surface area contributed by atoms with Gasteiger partial charge in [0, 0.05) is 68.8 Å². The van der Waals surface area contributed by atoms with Gasteiger partial charge in [-0.2, -0.15) is 0 Å². The number of piperidine rings is 2. The summed E-state index contributed by atoms with van der Waals surface area (Å²) in [6.07, 6.45) is 7.59. The second-order valence-electron chi connectivity index (χ2n) is 13.3. The predicted molar refractivity (Wildman–Crippen MR) is 169 cm³/mol. The molecule has 10 nitrogen and oxygen atoms in total. The maximum absolute atomic E-state index is 13.6. The standard InChI is InChI=1S/C35H47N3O7/c1-35(2,3)45-34(43)37-15-12-24(13-16-37)10-11-32(41)38-14-6-8-26(23-38)31(40)19-27(20-33(42)44-4)29-17-28(21-36-22-29)25-7-5-9-30(39)18-25/h5,7,9,17-18,21-22,24,26-27,39H,6,8,10-16,19-20,23H2,1-4H3/t26-,27?/m1/s1. The molecule has 1 aromatic carbocycles. The van der Waals surface area contributed by atoms with Crippen molar-refractivity contribution in [3.05, 3.63) is 48.3 Å². The summed E-state index contributed by atoms with van der Waals surface area (Å²) in [7, 11) is 1.33. The van der Waals surface area contributed by atoms with Crippen LogP contribution in [-0.4, -0.2) is 82.5 Å². The molecule has 2 fully saturated rings. The number of carbonyl (C=O) groups excluding carboxylic acids is 4. The highest BCUT2D eigenvalue weighted by atomic mass is 16.6. The first-order chi connectivity index (χ1) is 21.4. The third-order valence-electron chi connectivity index (χ3n) is 8.76. The van der Waals surface area contributed by atoms with E-state index in [1.54, 1.807) is 35.5 Å². The van der Waals surface area contributed by atoms with Crippen molar-refractivity contribution in [2.24, 2.45) is 11.8 Å². The number of carbonyl (C=O) groups is 4. The number of ether oxygens (including phenoxy) is 2. The van der Waals surface area contributed by atoms with Gasteiger partial charge < -0.3 is 24.4 Å². The van der Waals surface area contributed by atoms with Crippen molar-refractivity contribution in [3.63, 3.8) is 0 Å². The van der Waals surface area contributed by atoms with Gasteiger partial charge in [0.1, 0.15) is 17.1 Å². The van der Waals surface area contributed by atoms with Crippen LogP contribution in [0.2, 0.25) is 0 Å². The molecule has 1 N–H and O–H groups in total. The second kappa shape index (κ2) is 15.4. The first-order valence-corrected chi connectivity index (χ1v) is 16.0. The number of aromatic nitrogens is 1. The Balaban J connectivity index is 1.32. The van der Waals surface area contributed by atoms with E-state index in [0.29, 0.717) is 44.9 Å². The minimum atomic E-state index is -0.521. The third-order valence-corrected chi connectivity index (χ3v) is 8.76. The number of phenolic OH excluding ortho intramolecular Hbond substituents is 1. The van der Waals surface area contributed by atoms with Crippen molar-refractivity contribution in [2.75, 3.05) is 33.3 Å². The van der Waals surface area contributed by atoms with Crippen LogP contribution in [0.1, 0.15) is 83.6 Å². The summed E-state index contributed by atoms with van der Waals surface area (Å²) in [5.41, 5.74) is 1.78. The summed E-state index contributed by atoms with van der Waals surface area (Å²) in [6, 6.07) is 8.74. The highest BCUT2D eigenvalue weighted by Crippen LogP contribution is 2.32. The number of ketones is 1. The first-order valence-electron chi connectivity index (χ1n) is 16.0. The Hall–Kier alpha value is -3.95. The summed E-state index contributed by atoms with van der Waals surface area (Å²) in [5.74, 6) is -0.519. The molecular formula is C35H47N3O7. The molecule has 0 saturated carbocycles. The Morgan fingerprint density at radius 2 is 1.73 bits per heavy atom. The fourth-order valence-electron chi connectivity index (χ4n) is 6.21. The number of likely N-dealkylation sites (tertiary alicyclic amines) is 2. The number of nitrogens with zero attached hydrogens (tertiary/aromatic N) is 3. The van der Waals surface area contributed by atoms with Crippen molar-refractivity contribution < 1.29 is 33.8 Å². The quantitative estimate of drug-likeness (QED) is 0.334. The largest absolute Gasteiger partial charge is 0.508 e. The van der Waals surface area contributed by atoms with Crippen molar-refractivity contribution in [1.29, 1.82) is 0 Å². The van der Waals surface area contributed by atoms with Gasteiger partial charge in [0.15, 0.2) is 0 Å². The lowest BCUT2D eigenvalue weighted by atomic mass is 9.84. The van der Waals surface area contributed by atoms with E-state index in [1.807, 2.05) is 37.8 Å². The third kappa shape index (κ3) is 10.0. The zero-order valence-corrected chi connectivity index (χ0v) is 27.0. The topological polar surface area (TPSA) is 126 Å². The highest BCUT2D eigenvalue weighted by molar-refractivity contribution is 5.84. The fourth-order valence-corrected chi connectivity index (χ4v) is 6.21. The van der Waals surface area contributed by atoms with Gasteiger partial charge in [-0.1, -0.05) is 12.1 Å². The molecule has 2 saturated heterocycles. The van der Waals surface area contributed by atoms with E-state index in [4.69, 9.17) is 9.47 Å². The van der Waals surface area contributed by atoms with Crippen LogP contribution in [0.4, 0.5) is 4.79 Å². The molecule has 2 aliphatic rings. The van der Waals surface area contributed by atoms with Crippen LogP contribution in [-0.2, 0) is 23.9 Å². The normalized spacial score (nSPS) is 18.3. The van der Waals surface area contributed by atoms with Crippen LogP contribution in [0.25, 0.3) is 11.1 Å². The number of Topliss-reactive ketones (excluding diaryl/α,β-unsaturated/α-hetero) is 1. The van der Waals surface area contributed by atoms with Crippen LogP contribution < -0.4 is 0 Å². The van der Waals surface area contributed by atoms with Gasteiger partial charge >= 0.3 is 12.1 Å². The molecule has 0 aliphatic carbocycles. The number of hydrogen-bond donors (Lipinski definition) is 1. The summed E-state index contributed by atoms with van der Waals surface area (Å²) in [4.78, 5) is 59.4. The molecule has 2 atom stereocenters. The first kappa shape index (κ1) is 33.9. The average molecular weight is 622 g/mol. The highest BCUT2D eigenvalue weighted by Gasteiger charge is 2.32. The molecule has 4 rings (SSSR count). The van der Waals surface area contributed by atoms with Gasteiger partial charge in [-0.25, -0.2) is 4.79 Å². The van der Waals surface area contributed by atoms with Crippen LogP contribution >= 0.6 is 0 Å². The van der Waals surface area contributed by atoms with Crippen LogP contribution in [0.15, 0.2) is 42.7 Å². The maximum Gasteiger partial charge on any atom is 0.410 e. The summed E-state index contributed by atoms with van der Waals surface area (Å²) in [5, 5.41) is 9.91. The minimum Gasteiger partial charge on any atom is -0.508 e. The lowest BCUT2D eigenvalue weighted by Gasteiger charge is -2.35. The molecule has 2 aliphatic heterocycles. The zero-order valence-electron chi connectivity index (χ0n) is 27.0. The van der Waals surface area contributed by atoms with Gasteiger partial charge in [0.05, 0.1) is 13.5 Å². The number of benzene rings is 1. The molecule has 0 spiro atoms. The SMILES string of the molecule is COC(=O)CC(CC(=O)[C@@H]1CCCN(C(=O)CCC2CCN(C(=O)OC(C)(C)C)CC2)C1)c1cncc(-c2cccc(O)c2)c1. The van der Waals surface area contributed by atoms with Gasteiger partial charge in [-0.3, -0.25) is 19.4 Å². The predicted octanol–water partition coefficient (Wildman–Crippen LogP) is 5.73. The molecule has 0 bridgehead atoms. The summed E-state index contributed by atoms with van der Waals surface area (Å²) >= 11 is 0. The van der Waals surface area contributed by atoms with Crippen molar-refractivity contribution >= 4 is 23.8 Å². The minimum absolute atomic E-state index is 0.0266. The number of pyridine rings is 1. The van der Waals surface area contributed by atoms with Gasteiger partial charge in [0.2, 0.25) is 5.91 Å². The van der Waals surface area contributed by atoms with Crippen LogP contribution in [0.5, 0.6) is 5.75 Å². The van der Waals surface area contributed by atoms with Gasteiger partial charge in [-0.05, 0) is 88.1 Å². The summed E-state index contributed by atoms with van der Waals surface area (Å²) < 4.78 is 10.4. The van der Waals surface area contributed by atoms with E-state index in [2.05, 4.69) is 4.98 Å². The van der Waals surface area contributed by atoms with Crippen molar-refractivity contribution in [3.8, 4) is 16.9 Å². The van der Waals surface area contributed by atoms with E-state index in [1.165, 1.54) is 7.11 Å². The number of amides is 2. The number of hydrogen-bond acceptors (Lipinski definition) is 8. The zero-order chi connectivity index (χ0) is 32.6. The number of methoxy groups -OCH3 is 1. The Kier molecular flexibility index (Phi) is 11.6. The lowest BCUT2D eigenvalue weighted by Crippen LogP contribution is -2.43. The molecule has 1 unspecified atom stereocenters. The smallest absolute Gasteiger partial charge is 0.410 e. The molecule has 244 valence electrons. The van der Waals surface area contributed by atoms with E-state index < -0.39 is 17.5 Å². The van der Waals surface area contributed by atoms with Gasteiger partial charge in [-0.15, -0.1) is 0 Å². The molecular weight excluding hydrogens is 574 g/mol. The number of phenols is 1. The Morgan fingerprint density at radius 3 is 2.42 bits per heavy atom. The van der Waals surface area contributed by atoms with Crippen molar-refractivity contribution in [2.45, 2.75) is 83.7 Å². The van der Waals surface area contributed by atoms with E-state index in [9.17, 15) is 24.3 Å². The monoisotopic (exact) mass is 621 g/mol.